The third-order valence-corrected chi connectivity index (χ3v) is 7.93. The number of hydrogen-bond acceptors (Lipinski definition) is 6. The zero-order valence-corrected chi connectivity index (χ0v) is 19.5. The molecule has 1 aliphatic heterocycles. The molecule has 4 rings (SSSR count). The predicted molar refractivity (Wildman–Crippen MR) is 120 cm³/mol. The number of sulfone groups is 1. The summed E-state index contributed by atoms with van der Waals surface area (Å²) in [6.07, 6.45) is 0.584. The lowest BCUT2D eigenvalue weighted by Gasteiger charge is -2.37. The molecule has 1 atom stereocenters. The van der Waals surface area contributed by atoms with Crippen LogP contribution in [-0.2, 0) is 16.3 Å². The molecule has 1 amide bonds. The molecule has 1 aliphatic rings. The molecule has 10 heteroatoms. The van der Waals surface area contributed by atoms with Crippen LogP contribution < -0.4 is 9.47 Å². The van der Waals surface area contributed by atoms with Crippen LogP contribution in [0.1, 0.15) is 32.4 Å². The summed E-state index contributed by atoms with van der Waals surface area (Å²) in [6, 6.07) is 11.9. The van der Waals surface area contributed by atoms with Crippen molar-refractivity contribution in [3.8, 4) is 11.5 Å². The molecule has 2 aromatic carbocycles. The minimum atomic E-state index is -4.73. The van der Waals surface area contributed by atoms with E-state index in [1.165, 1.54) is 23.5 Å². The van der Waals surface area contributed by atoms with Crippen LogP contribution in [0.15, 0.2) is 58.8 Å². The molecule has 0 spiro atoms. The van der Waals surface area contributed by atoms with Gasteiger partial charge in [-0.2, -0.15) is 8.78 Å². The van der Waals surface area contributed by atoms with Gasteiger partial charge in [-0.05, 0) is 65.4 Å². The largest absolute Gasteiger partial charge is 0.493 e. The molecular weight excluding hydrogens is 472 g/mol. The lowest BCUT2D eigenvalue weighted by Crippen LogP contribution is -2.40. The zero-order chi connectivity index (χ0) is 23.8. The third kappa shape index (κ3) is 4.20. The molecule has 1 unspecified atom stereocenters. The number of alkyl halides is 2. The van der Waals surface area contributed by atoms with Crippen molar-refractivity contribution >= 4 is 27.1 Å². The van der Waals surface area contributed by atoms with E-state index in [0.717, 1.165) is 28.1 Å². The molecule has 1 aromatic heterocycles. The highest BCUT2D eigenvalue weighted by molar-refractivity contribution is 7.91. The van der Waals surface area contributed by atoms with Crippen molar-refractivity contribution in [1.29, 1.82) is 0 Å². The highest BCUT2D eigenvalue weighted by Crippen LogP contribution is 2.42. The Morgan fingerprint density at radius 3 is 2.33 bits per heavy atom. The number of fused-ring (bicyclic) bond motifs is 1. The highest BCUT2D eigenvalue weighted by atomic mass is 32.2. The number of ether oxygens (including phenoxy) is 2. The van der Waals surface area contributed by atoms with Gasteiger partial charge in [0.15, 0.2) is 11.5 Å². The maximum absolute atomic E-state index is 13.5. The van der Waals surface area contributed by atoms with Gasteiger partial charge in [-0.25, -0.2) is 8.42 Å². The van der Waals surface area contributed by atoms with E-state index >= 15 is 0 Å². The van der Waals surface area contributed by atoms with E-state index in [4.69, 9.17) is 9.47 Å². The maximum atomic E-state index is 13.5. The molecule has 0 bridgehead atoms. The lowest BCUT2D eigenvalue weighted by molar-refractivity contribution is 0.0696. The second kappa shape index (κ2) is 9.11. The monoisotopic (exact) mass is 493 g/mol. The number of nitrogens with zero attached hydrogens (tertiary/aromatic N) is 1. The number of carbonyl (C=O) groups is 1. The Labute approximate surface area is 194 Å². The molecule has 33 heavy (non-hydrogen) atoms. The Morgan fingerprint density at radius 2 is 1.76 bits per heavy atom. The molecule has 0 saturated heterocycles. The number of carbonyl (C=O) groups excluding carboxylic acids is 1. The minimum Gasteiger partial charge on any atom is -0.493 e. The van der Waals surface area contributed by atoms with E-state index in [-0.39, 0.29) is 17.5 Å². The molecule has 0 N–H and O–H groups in total. The number of amides is 1. The maximum Gasteiger partial charge on any atom is 0.341 e. The van der Waals surface area contributed by atoms with E-state index in [1.54, 1.807) is 19.1 Å². The van der Waals surface area contributed by atoms with E-state index in [2.05, 4.69) is 0 Å². The standard InChI is InChI=1S/C23H21F2NO5S2/c1-30-18-12-15-9-10-26(21(20-4-3-11-32-20)17(15)13-19(18)31-2)22(27)14-5-7-16(8-6-14)33(28,29)23(24)25/h3-8,11-13,21,23H,9-10H2,1-2H3. The van der Waals surface area contributed by atoms with Crippen molar-refractivity contribution < 1.29 is 31.5 Å². The Morgan fingerprint density at radius 1 is 1.09 bits per heavy atom. The second-order valence-corrected chi connectivity index (χ2v) is 10.3. The third-order valence-electron chi connectivity index (χ3n) is 5.61. The molecule has 6 nitrogen and oxygen atoms in total. The summed E-state index contributed by atoms with van der Waals surface area (Å²) in [7, 11) is -1.61. The normalized spacial score (nSPS) is 15.9. The van der Waals surface area contributed by atoms with Gasteiger partial charge >= 0.3 is 5.76 Å². The van der Waals surface area contributed by atoms with Gasteiger partial charge in [0, 0.05) is 17.0 Å². The first-order valence-corrected chi connectivity index (χ1v) is 12.4. The quantitative estimate of drug-likeness (QED) is 0.504. The molecule has 174 valence electrons. The van der Waals surface area contributed by atoms with Gasteiger partial charge in [-0.1, -0.05) is 6.07 Å². The fourth-order valence-corrected chi connectivity index (χ4v) is 5.55. The Kier molecular flexibility index (Phi) is 6.40. The number of rotatable bonds is 6. The zero-order valence-electron chi connectivity index (χ0n) is 17.8. The summed E-state index contributed by atoms with van der Waals surface area (Å²) in [6.45, 7) is 0.418. The van der Waals surface area contributed by atoms with Crippen molar-refractivity contribution in [2.75, 3.05) is 20.8 Å². The number of hydrogen-bond donors (Lipinski definition) is 0. The fraction of sp³-hybridized carbons (Fsp3) is 0.261. The first-order chi connectivity index (χ1) is 15.8. The number of thiophene rings is 1. The van der Waals surface area contributed by atoms with Crippen LogP contribution in [0.4, 0.5) is 8.78 Å². The SMILES string of the molecule is COc1cc2c(cc1OC)C(c1cccs1)N(C(=O)c1ccc(S(=O)(=O)C(F)F)cc1)CC2. The van der Waals surface area contributed by atoms with Crippen molar-refractivity contribution in [3.05, 3.63) is 75.5 Å². The van der Waals surface area contributed by atoms with Gasteiger partial charge in [0.05, 0.1) is 25.2 Å². The Hall–Kier alpha value is -2.98. The predicted octanol–water partition coefficient (Wildman–Crippen LogP) is 4.55. The van der Waals surface area contributed by atoms with Crippen LogP contribution in [0.5, 0.6) is 11.5 Å². The van der Waals surface area contributed by atoms with Crippen LogP contribution in [0, 0.1) is 0 Å². The van der Waals surface area contributed by atoms with Gasteiger partial charge in [0.1, 0.15) is 0 Å². The summed E-state index contributed by atoms with van der Waals surface area (Å²) in [5.41, 5.74) is 2.16. The van der Waals surface area contributed by atoms with Crippen molar-refractivity contribution in [2.24, 2.45) is 0 Å². The summed E-state index contributed by atoms with van der Waals surface area (Å²) in [5, 5.41) is 1.93. The first-order valence-electron chi connectivity index (χ1n) is 9.99. The minimum absolute atomic E-state index is 0.216. The first kappa shape index (κ1) is 23.2. The van der Waals surface area contributed by atoms with E-state index in [0.29, 0.717) is 24.5 Å². The topological polar surface area (TPSA) is 72.9 Å². The van der Waals surface area contributed by atoms with E-state index in [9.17, 15) is 22.0 Å². The van der Waals surface area contributed by atoms with Gasteiger partial charge in [-0.3, -0.25) is 4.79 Å². The van der Waals surface area contributed by atoms with Gasteiger partial charge in [0.25, 0.3) is 5.91 Å². The van der Waals surface area contributed by atoms with Crippen LogP contribution in [0.3, 0.4) is 0 Å². The molecule has 2 heterocycles. The van der Waals surface area contributed by atoms with E-state index in [1.807, 2.05) is 29.6 Å². The second-order valence-electron chi connectivity index (χ2n) is 7.40. The molecule has 0 radical (unpaired) electrons. The summed E-state index contributed by atoms with van der Waals surface area (Å²) < 4.78 is 60.0. The molecule has 0 saturated carbocycles. The van der Waals surface area contributed by atoms with Crippen LogP contribution in [0.2, 0.25) is 0 Å². The number of halogens is 2. The average molecular weight is 494 g/mol. The van der Waals surface area contributed by atoms with Gasteiger partial charge in [0.2, 0.25) is 9.84 Å². The van der Waals surface area contributed by atoms with Crippen molar-refractivity contribution in [1.82, 2.24) is 4.90 Å². The van der Waals surface area contributed by atoms with Crippen molar-refractivity contribution in [3.63, 3.8) is 0 Å². The summed E-state index contributed by atoms with van der Waals surface area (Å²) in [5.74, 6) is -2.69. The molecular formula is C23H21F2NO5S2. The highest BCUT2D eigenvalue weighted by Gasteiger charge is 2.35. The Balaban J connectivity index is 1.74. The smallest absolute Gasteiger partial charge is 0.341 e. The Bertz CT molecular complexity index is 1260. The van der Waals surface area contributed by atoms with Crippen LogP contribution in [0.25, 0.3) is 0 Å². The summed E-state index contributed by atoms with van der Waals surface area (Å²) >= 11 is 1.51. The van der Waals surface area contributed by atoms with Crippen LogP contribution in [-0.4, -0.2) is 45.7 Å². The summed E-state index contributed by atoms with van der Waals surface area (Å²) in [4.78, 5) is 15.6. The van der Waals surface area contributed by atoms with Crippen LogP contribution >= 0.6 is 11.3 Å². The fourth-order valence-electron chi connectivity index (χ4n) is 3.97. The molecule has 0 fully saturated rings. The lowest BCUT2D eigenvalue weighted by atomic mass is 9.90. The van der Waals surface area contributed by atoms with Gasteiger partial charge < -0.3 is 14.4 Å². The average Bonchev–Trinajstić information content (AvgIpc) is 3.36. The molecule has 0 aliphatic carbocycles. The van der Waals surface area contributed by atoms with Crippen molar-refractivity contribution in [2.45, 2.75) is 23.1 Å². The number of methoxy groups -OCH3 is 2. The number of benzene rings is 2. The molecule has 3 aromatic rings. The van der Waals surface area contributed by atoms with Gasteiger partial charge in [-0.15, -0.1) is 11.3 Å². The van der Waals surface area contributed by atoms with E-state index < -0.39 is 20.5 Å².